The summed E-state index contributed by atoms with van der Waals surface area (Å²) in [4.78, 5) is 22.8. The molecular weight excluding hydrogens is 470 g/mol. The van der Waals surface area contributed by atoms with E-state index in [1.807, 2.05) is 83.1 Å². The van der Waals surface area contributed by atoms with E-state index in [0.29, 0.717) is 17.4 Å². The van der Waals surface area contributed by atoms with Gasteiger partial charge in [0.1, 0.15) is 17.2 Å². The molecule has 0 atom stereocenters. The largest absolute Gasteiger partial charge is 0.464 e. The van der Waals surface area contributed by atoms with E-state index in [0.717, 1.165) is 51.1 Å². The average Bonchev–Trinajstić information content (AvgIpc) is 2.90. The summed E-state index contributed by atoms with van der Waals surface area (Å²) in [5, 5.41) is 1.80. The van der Waals surface area contributed by atoms with Crippen molar-refractivity contribution in [2.24, 2.45) is 11.8 Å². The first-order valence-corrected chi connectivity index (χ1v) is 14.1. The predicted octanol–water partition coefficient (Wildman–Crippen LogP) is 8.20. The van der Waals surface area contributed by atoms with Crippen molar-refractivity contribution in [1.82, 2.24) is 9.97 Å². The van der Waals surface area contributed by atoms with E-state index in [9.17, 15) is 4.79 Å². The average molecular weight is 516 g/mol. The van der Waals surface area contributed by atoms with Crippen molar-refractivity contribution in [3.8, 4) is 0 Å². The lowest BCUT2D eigenvalue weighted by Gasteiger charge is -2.24. The van der Waals surface area contributed by atoms with E-state index in [1.165, 1.54) is 32.1 Å². The van der Waals surface area contributed by atoms with Gasteiger partial charge in [0.2, 0.25) is 0 Å². The van der Waals surface area contributed by atoms with E-state index < -0.39 is 0 Å². The topological polar surface area (TPSA) is 59.2 Å². The van der Waals surface area contributed by atoms with Gasteiger partial charge in [0.25, 0.3) is 0 Å². The number of para-hydroxylation sites is 1. The van der Waals surface area contributed by atoms with Crippen molar-refractivity contribution in [3.05, 3.63) is 75.4 Å². The van der Waals surface area contributed by atoms with Gasteiger partial charge in [0.05, 0.1) is 17.2 Å². The summed E-state index contributed by atoms with van der Waals surface area (Å²) >= 11 is 0. The number of rotatable bonds is 3. The molecule has 0 radical (unpaired) electrons. The van der Waals surface area contributed by atoms with Gasteiger partial charge in [-0.05, 0) is 68.4 Å². The van der Waals surface area contributed by atoms with Crippen LogP contribution in [-0.4, -0.2) is 24.1 Å². The van der Waals surface area contributed by atoms with Crippen LogP contribution in [0.25, 0.3) is 21.9 Å². The van der Waals surface area contributed by atoms with Crippen LogP contribution in [0.5, 0.6) is 0 Å². The molecule has 1 fully saturated rings. The molecule has 5 rings (SSSR count). The summed E-state index contributed by atoms with van der Waals surface area (Å²) in [5.74, 6) is 3.88. The molecule has 2 heterocycles. The predicted molar refractivity (Wildman–Crippen MR) is 161 cm³/mol. The molecule has 0 spiro atoms. The van der Waals surface area contributed by atoms with Gasteiger partial charge in [0.15, 0.2) is 5.43 Å². The Labute approximate surface area is 228 Å². The number of benzene rings is 2. The third kappa shape index (κ3) is 7.43. The first kappa shape index (κ1) is 29.3. The van der Waals surface area contributed by atoms with E-state index in [2.05, 4.69) is 23.8 Å². The number of aryl methyl sites for hydroxylation is 4. The number of hydrogen-bond donors (Lipinski definition) is 0. The zero-order valence-corrected chi connectivity index (χ0v) is 24.6. The molecule has 1 aliphatic rings. The zero-order valence-electron chi connectivity index (χ0n) is 24.6. The van der Waals surface area contributed by atoms with Crippen LogP contribution in [-0.2, 0) is 6.42 Å². The van der Waals surface area contributed by atoms with Crippen molar-refractivity contribution >= 4 is 27.7 Å². The fourth-order valence-corrected chi connectivity index (χ4v) is 5.13. The Morgan fingerprint density at radius 2 is 1.63 bits per heavy atom. The number of hydrogen-bond acceptors (Lipinski definition) is 5. The van der Waals surface area contributed by atoms with Gasteiger partial charge in [-0.25, -0.2) is 9.97 Å². The molecule has 5 heteroatoms. The summed E-state index contributed by atoms with van der Waals surface area (Å²) in [6, 6.07) is 12.0. The molecule has 5 nitrogen and oxygen atoms in total. The molecular formula is C33H45N3O2. The van der Waals surface area contributed by atoms with Crippen LogP contribution in [0.15, 0.2) is 51.9 Å². The standard InChI is InChI=1S/C13H14O2.C11H13N3.C9H18/c1-4-10-7-15-13-9(3)5-8(2)6-11(13)12(10)14;1-8-12-10-7-5-4-6-9(10)11(13-8)14(2)3;1-3-9-6-4-8(2)5-7-9/h5-7H,4H2,1-3H3;4-7H,1-3H3;8-9H,3-7H2,1-2H3. The van der Waals surface area contributed by atoms with Gasteiger partial charge in [-0.2, -0.15) is 0 Å². The van der Waals surface area contributed by atoms with E-state index in [1.54, 1.807) is 6.26 Å². The van der Waals surface area contributed by atoms with Gasteiger partial charge in [-0.1, -0.05) is 71.1 Å². The molecule has 2 aromatic carbocycles. The lowest BCUT2D eigenvalue weighted by Crippen LogP contribution is -2.12. The molecule has 0 unspecified atom stereocenters. The molecule has 38 heavy (non-hydrogen) atoms. The lowest BCUT2D eigenvalue weighted by atomic mass is 9.82. The highest BCUT2D eigenvalue weighted by Gasteiger charge is 2.15. The molecule has 0 saturated heterocycles. The van der Waals surface area contributed by atoms with E-state index >= 15 is 0 Å². The fraction of sp³-hybridized carbons (Fsp3) is 0.485. The quantitative estimate of drug-likeness (QED) is 0.275. The van der Waals surface area contributed by atoms with Crippen molar-refractivity contribution in [1.29, 1.82) is 0 Å². The maximum atomic E-state index is 12.0. The summed E-state index contributed by atoms with van der Waals surface area (Å²) in [7, 11) is 3.99. The van der Waals surface area contributed by atoms with Crippen LogP contribution in [0.4, 0.5) is 5.82 Å². The first-order valence-electron chi connectivity index (χ1n) is 14.1. The summed E-state index contributed by atoms with van der Waals surface area (Å²) in [6.07, 6.45) is 9.66. The van der Waals surface area contributed by atoms with Gasteiger partial charge in [-0.15, -0.1) is 0 Å². The summed E-state index contributed by atoms with van der Waals surface area (Å²) < 4.78 is 5.50. The van der Waals surface area contributed by atoms with Crippen LogP contribution >= 0.6 is 0 Å². The summed E-state index contributed by atoms with van der Waals surface area (Å²) in [5.41, 5.74) is 4.68. The Morgan fingerprint density at radius 1 is 0.947 bits per heavy atom. The zero-order chi connectivity index (χ0) is 27.8. The van der Waals surface area contributed by atoms with Crippen LogP contribution in [0.3, 0.4) is 0 Å². The van der Waals surface area contributed by atoms with Crippen LogP contribution in [0, 0.1) is 32.6 Å². The van der Waals surface area contributed by atoms with Gasteiger partial charge in [-0.3, -0.25) is 4.79 Å². The molecule has 204 valence electrons. The molecule has 1 saturated carbocycles. The van der Waals surface area contributed by atoms with E-state index in [-0.39, 0.29) is 5.43 Å². The van der Waals surface area contributed by atoms with Gasteiger partial charge < -0.3 is 9.32 Å². The number of fused-ring (bicyclic) bond motifs is 2. The normalized spacial score (nSPS) is 16.8. The molecule has 4 aromatic rings. The fourth-order valence-electron chi connectivity index (χ4n) is 5.13. The SMILES string of the molecule is CCC1CCC(C)CC1.CCc1coc2c(C)cc(C)cc2c1=O.Cc1nc(N(C)C)c2ccccc2n1. The monoisotopic (exact) mass is 515 g/mol. The lowest BCUT2D eigenvalue weighted by molar-refractivity contribution is 0.284. The Bertz CT molecular complexity index is 1400. The van der Waals surface area contributed by atoms with E-state index in [4.69, 9.17) is 4.42 Å². The Morgan fingerprint density at radius 3 is 2.26 bits per heavy atom. The minimum Gasteiger partial charge on any atom is -0.464 e. The summed E-state index contributed by atoms with van der Waals surface area (Å²) in [6.45, 7) is 12.5. The number of anilines is 1. The molecule has 0 aliphatic heterocycles. The minimum atomic E-state index is 0.102. The minimum absolute atomic E-state index is 0.102. The van der Waals surface area contributed by atoms with Crippen LogP contribution < -0.4 is 10.3 Å². The second-order valence-corrected chi connectivity index (χ2v) is 10.9. The van der Waals surface area contributed by atoms with Crippen molar-refractivity contribution in [2.75, 3.05) is 19.0 Å². The molecule has 0 bridgehead atoms. The molecule has 2 aromatic heterocycles. The second kappa shape index (κ2) is 13.5. The van der Waals surface area contributed by atoms with Gasteiger partial charge >= 0.3 is 0 Å². The smallest absolute Gasteiger partial charge is 0.195 e. The van der Waals surface area contributed by atoms with Crippen molar-refractivity contribution in [3.63, 3.8) is 0 Å². The first-order chi connectivity index (χ1) is 18.1. The van der Waals surface area contributed by atoms with Crippen LogP contribution in [0.2, 0.25) is 0 Å². The number of nitrogens with zero attached hydrogens (tertiary/aromatic N) is 3. The molecule has 0 amide bonds. The Balaban J connectivity index is 0.000000163. The highest BCUT2D eigenvalue weighted by molar-refractivity contribution is 5.89. The molecule has 0 N–H and O–H groups in total. The highest BCUT2D eigenvalue weighted by atomic mass is 16.3. The van der Waals surface area contributed by atoms with Crippen molar-refractivity contribution in [2.45, 2.75) is 80.1 Å². The van der Waals surface area contributed by atoms with Gasteiger partial charge in [0, 0.05) is 25.0 Å². The maximum absolute atomic E-state index is 12.0. The Kier molecular flexibility index (Phi) is 10.5. The number of aromatic nitrogens is 2. The van der Waals surface area contributed by atoms with Crippen molar-refractivity contribution < 1.29 is 4.42 Å². The third-order valence-corrected chi connectivity index (χ3v) is 7.49. The third-order valence-electron chi connectivity index (χ3n) is 7.49. The van der Waals surface area contributed by atoms with Crippen LogP contribution in [0.1, 0.15) is 75.4 Å². The highest BCUT2D eigenvalue weighted by Crippen LogP contribution is 2.29. The second-order valence-electron chi connectivity index (χ2n) is 10.9. The Hall–Kier alpha value is -3.21. The maximum Gasteiger partial charge on any atom is 0.195 e. The molecule has 1 aliphatic carbocycles.